The second kappa shape index (κ2) is 15.2. The Morgan fingerprint density at radius 1 is 0.831 bits per heavy atom. The number of phenolic OH excluding ortho intramolecular Hbond substituents is 1. The molecule has 0 radical (unpaired) electrons. The number of carbonyl (C=O) groups excluding carboxylic acids is 3. The number of piperazine rings is 1. The predicted molar refractivity (Wildman–Crippen MR) is 221 cm³/mol. The van der Waals surface area contributed by atoms with Crippen LogP contribution >= 0.6 is 0 Å². The molecule has 4 aromatic rings. The number of fused-ring (bicyclic) bond motifs is 5. The molecule has 5 aliphatic heterocycles. The van der Waals surface area contributed by atoms with E-state index in [9.17, 15) is 24.0 Å². The first-order valence-electron chi connectivity index (χ1n) is 21.2. The lowest BCUT2D eigenvalue weighted by Gasteiger charge is -2.47. The van der Waals surface area contributed by atoms with E-state index in [2.05, 4.69) is 69.3 Å². The fraction of sp³-hybridized carbons (Fsp3) is 0.426. The Hall–Kier alpha value is -5.62. The summed E-state index contributed by atoms with van der Waals surface area (Å²) < 4.78 is 26.6. The Morgan fingerprint density at radius 3 is 2.46 bits per heavy atom. The quantitative estimate of drug-likeness (QED) is 0.168. The van der Waals surface area contributed by atoms with Crippen molar-refractivity contribution in [2.75, 3.05) is 62.8 Å². The minimum atomic E-state index is -0.988. The minimum absolute atomic E-state index is 0.109. The zero-order valence-electron chi connectivity index (χ0n) is 33.4. The van der Waals surface area contributed by atoms with Gasteiger partial charge in [-0.2, -0.15) is 0 Å². The van der Waals surface area contributed by atoms with E-state index in [4.69, 9.17) is 9.47 Å². The van der Waals surface area contributed by atoms with Crippen molar-refractivity contribution in [3.05, 3.63) is 112 Å². The maximum Gasteiger partial charge on any atom is 0.280 e. The molecule has 0 aromatic heterocycles. The van der Waals surface area contributed by atoms with Gasteiger partial charge in [0.1, 0.15) is 29.9 Å². The van der Waals surface area contributed by atoms with Gasteiger partial charge >= 0.3 is 0 Å². The number of nitrogens with zero attached hydrogens (tertiary/aromatic N) is 5. The summed E-state index contributed by atoms with van der Waals surface area (Å²) in [4.78, 5) is 46.5. The molecule has 11 nitrogen and oxygen atoms in total. The summed E-state index contributed by atoms with van der Waals surface area (Å²) in [5.41, 5.74) is 8.41. The first-order valence-corrected chi connectivity index (χ1v) is 21.2. The van der Waals surface area contributed by atoms with Crippen molar-refractivity contribution in [2.24, 2.45) is 5.92 Å². The van der Waals surface area contributed by atoms with Gasteiger partial charge in [-0.1, -0.05) is 46.9 Å². The number of benzene rings is 4. The third-order valence-electron chi connectivity index (χ3n) is 13.9. The largest absolute Gasteiger partial charge is 0.508 e. The second-order valence-corrected chi connectivity index (χ2v) is 17.2. The molecule has 10 rings (SSSR count). The topological polar surface area (TPSA) is 106 Å². The Labute approximate surface area is 343 Å². The van der Waals surface area contributed by atoms with Crippen LogP contribution < -0.4 is 19.3 Å². The van der Waals surface area contributed by atoms with Crippen molar-refractivity contribution in [2.45, 2.75) is 69.0 Å². The molecule has 3 fully saturated rings. The number of piperidine rings is 2. The summed E-state index contributed by atoms with van der Waals surface area (Å²) in [6.07, 6.45) is 4.16. The van der Waals surface area contributed by atoms with Gasteiger partial charge < -0.3 is 29.3 Å². The van der Waals surface area contributed by atoms with E-state index in [-0.39, 0.29) is 42.4 Å². The zero-order chi connectivity index (χ0) is 40.4. The molecule has 2 unspecified atom stereocenters. The Kier molecular flexibility index (Phi) is 9.70. The van der Waals surface area contributed by atoms with E-state index in [1.807, 2.05) is 18.2 Å². The number of methoxy groups -OCH3 is 1. The smallest absolute Gasteiger partial charge is 0.280 e. The summed E-state index contributed by atoms with van der Waals surface area (Å²) >= 11 is 0. The van der Waals surface area contributed by atoms with Crippen LogP contribution in [0.3, 0.4) is 0 Å². The van der Waals surface area contributed by atoms with E-state index < -0.39 is 17.9 Å². The van der Waals surface area contributed by atoms with Gasteiger partial charge in [0.15, 0.2) is 0 Å². The molecule has 12 heteroatoms. The molecular formula is C47H50FN5O6. The lowest BCUT2D eigenvalue weighted by molar-refractivity contribution is -0.170. The molecule has 1 N–H and O–H groups in total. The molecule has 3 saturated heterocycles. The molecule has 4 aromatic carbocycles. The lowest BCUT2D eigenvalue weighted by atomic mass is 9.69. The average Bonchev–Trinajstić information content (AvgIpc) is 3.58. The number of phenols is 1. The highest BCUT2D eigenvalue weighted by Crippen LogP contribution is 2.50. The van der Waals surface area contributed by atoms with E-state index in [1.165, 1.54) is 32.8 Å². The fourth-order valence-electron chi connectivity index (χ4n) is 10.8. The van der Waals surface area contributed by atoms with Gasteiger partial charge in [-0.15, -0.1) is 5.12 Å². The van der Waals surface area contributed by atoms with Crippen LogP contribution in [0.4, 0.5) is 15.9 Å². The SMILES string of the molecule is COc1cc(N2CCC(CN3CCN4c5cc6c(cc5OC[C@@H]4C3)C(=O)N([C@H]3CCC(=O)N(F)C3=O)C6)CC2)ccc1C1c2ccc(O)cc2CCC1c1ccccc1. The Bertz CT molecular complexity index is 2300. The fourth-order valence-corrected chi connectivity index (χ4v) is 10.8. The molecule has 0 saturated carbocycles. The Morgan fingerprint density at radius 2 is 1.64 bits per heavy atom. The second-order valence-electron chi connectivity index (χ2n) is 17.2. The molecule has 306 valence electrons. The number of rotatable bonds is 7. The number of aryl methyl sites for hydroxylation is 1. The van der Waals surface area contributed by atoms with E-state index in [1.54, 1.807) is 13.2 Å². The summed E-state index contributed by atoms with van der Waals surface area (Å²) in [5.74, 6) is 0.743. The van der Waals surface area contributed by atoms with Gasteiger partial charge in [0.25, 0.3) is 17.7 Å². The molecule has 5 heterocycles. The minimum Gasteiger partial charge on any atom is -0.508 e. The van der Waals surface area contributed by atoms with Gasteiger partial charge in [0.2, 0.25) is 0 Å². The number of anilines is 2. The summed E-state index contributed by atoms with van der Waals surface area (Å²) in [6, 6.07) is 26.4. The number of aromatic hydroxyl groups is 1. The molecule has 0 spiro atoms. The number of ether oxygens (including phenoxy) is 2. The van der Waals surface area contributed by atoms with Crippen LogP contribution in [0.15, 0.2) is 78.9 Å². The number of imide groups is 1. The molecule has 4 atom stereocenters. The molecule has 3 amide bonds. The molecule has 59 heavy (non-hydrogen) atoms. The van der Waals surface area contributed by atoms with Crippen molar-refractivity contribution >= 4 is 29.1 Å². The van der Waals surface area contributed by atoms with Crippen LogP contribution in [0.25, 0.3) is 0 Å². The van der Waals surface area contributed by atoms with Crippen LogP contribution in [0, 0.1) is 5.92 Å². The van der Waals surface area contributed by atoms with E-state index >= 15 is 0 Å². The van der Waals surface area contributed by atoms with Crippen molar-refractivity contribution in [3.63, 3.8) is 0 Å². The van der Waals surface area contributed by atoms with E-state index in [0.29, 0.717) is 35.5 Å². The van der Waals surface area contributed by atoms with E-state index in [0.717, 1.165) is 82.0 Å². The van der Waals surface area contributed by atoms with Gasteiger partial charge in [-0.25, -0.2) is 0 Å². The summed E-state index contributed by atoms with van der Waals surface area (Å²) in [7, 11) is 1.78. The number of carbonyl (C=O) groups is 3. The third kappa shape index (κ3) is 6.75. The highest BCUT2D eigenvalue weighted by Gasteiger charge is 2.45. The number of hydrogen-bond acceptors (Lipinski definition) is 9. The normalized spacial score (nSPS) is 24.7. The van der Waals surface area contributed by atoms with Crippen LogP contribution in [0.5, 0.6) is 17.2 Å². The van der Waals surface area contributed by atoms with Crippen molar-refractivity contribution in [1.29, 1.82) is 0 Å². The number of halogens is 1. The third-order valence-corrected chi connectivity index (χ3v) is 13.9. The van der Waals surface area contributed by atoms with Gasteiger partial charge in [0.05, 0.1) is 18.8 Å². The lowest BCUT2D eigenvalue weighted by Crippen LogP contribution is -2.58. The average molecular weight is 800 g/mol. The van der Waals surface area contributed by atoms with Gasteiger partial charge in [0, 0.05) is 81.0 Å². The van der Waals surface area contributed by atoms with Crippen molar-refractivity contribution < 1.29 is 33.4 Å². The van der Waals surface area contributed by atoms with Crippen LogP contribution in [0.1, 0.15) is 82.1 Å². The maximum atomic E-state index is 14.2. The molecule has 0 bridgehead atoms. The maximum absolute atomic E-state index is 14.2. The van der Waals surface area contributed by atoms with Gasteiger partial charge in [-0.3, -0.25) is 19.3 Å². The Balaban J connectivity index is 0.778. The predicted octanol–water partition coefficient (Wildman–Crippen LogP) is 6.42. The summed E-state index contributed by atoms with van der Waals surface area (Å²) in [5, 5.41) is 9.98. The number of hydrogen-bond donors (Lipinski definition) is 1. The van der Waals surface area contributed by atoms with Crippen molar-refractivity contribution in [1.82, 2.24) is 14.9 Å². The molecule has 6 aliphatic rings. The van der Waals surface area contributed by atoms with Crippen LogP contribution in [0.2, 0.25) is 0 Å². The highest BCUT2D eigenvalue weighted by atomic mass is 19.2. The van der Waals surface area contributed by atoms with Crippen LogP contribution in [-0.4, -0.2) is 103 Å². The van der Waals surface area contributed by atoms with Crippen LogP contribution in [-0.2, 0) is 22.6 Å². The number of amides is 3. The van der Waals surface area contributed by atoms with Gasteiger partial charge in [-0.05, 0) is 96.5 Å². The zero-order valence-corrected chi connectivity index (χ0v) is 33.4. The summed E-state index contributed by atoms with van der Waals surface area (Å²) in [6.45, 7) is 6.42. The highest BCUT2D eigenvalue weighted by molar-refractivity contribution is 6.05. The molecule has 1 aliphatic carbocycles. The van der Waals surface area contributed by atoms with Crippen molar-refractivity contribution in [3.8, 4) is 17.2 Å². The molecular weight excluding hydrogens is 750 g/mol. The monoisotopic (exact) mass is 799 g/mol. The first kappa shape index (κ1) is 37.6. The standard InChI is InChI=1S/C47H50FN5O6/c1-58-42-23-33(8-11-38(42)45-36(30-5-3-2-4-6-30)10-7-31-21-35(54)9-12-37(31)45)50-17-15-29(16-18-50)25-49-19-20-51-34(27-49)28-59-43-24-39-32(22-41(43)51)26-52(46(39)56)40-13-14-44(55)53(48)47(40)57/h2-6,8-9,11-12,21-24,29,34,36,40,45,54H,7,10,13-20,25-28H2,1H3/t34-,36?,40-,45?/m0/s1. The first-order chi connectivity index (χ1) is 28.7.